The van der Waals surface area contributed by atoms with Crippen LogP contribution in [0.5, 0.6) is 0 Å². The fraction of sp³-hybridized carbons (Fsp3) is 0.833. The third kappa shape index (κ3) is 14.9. The lowest BCUT2D eigenvalue weighted by atomic mass is 10.1. The molecule has 0 rings (SSSR count). The highest BCUT2D eigenvalue weighted by Gasteiger charge is 2.07. The fourth-order valence-corrected chi connectivity index (χ4v) is 0.816. The highest BCUT2D eigenvalue weighted by atomic mass is 16.5. The molecule has 0 aliphatic carbocycles. The fourth-order valence-electron chi connectivity index (χ4n) is 0.816. The molecule has 0 saturated heterocycles. The first-order chi connectivity index (χ1) is 7.84. The van der Waals surface area contributed by atoms with Gasteiger partial charge in [0.25, 0.3) is 0 Å². The van der Waals surface area contributed by atoms with Crippen molar-refractivity contribution in [2.24, 2.45) is 5.92 Å². The molecule has 0 aromatic heterocycles. The minimum absolute atomic E-state index is 0.0903. The Morgan fingerprint density at radius 2 is 1.53 bits per heavy atom. The van der Waals surface area contributed by atoms with E-state index in [0.29, 0.717) is 25.6 Å². The van der Waals surface area contributed by atoms with Crippen LogP contribution in [-0.4, -0.2) is 36.4 Å². The Morgan fingerprint density at radius 3 is 1.76 bits per heavy atom. The summed E-state index contributed by atoms with van der Waals surface area (Å²) in [6, 6.07) is 0. The summed E-state index contributed by atoms with van der Waals surface area (Å²) in [4.78, 5) is 20.9. The van der Waals surface area contributed by atoms with E-state index in [1.807, 2.05) is 20.8 Å². The Balaban J connectivity index is 0. The van der Waals surface area contributed by atoms with E-state index in [9.17, 15) is 9.59 Å². The Morgan fingerprint density at radius 1 is 1.06 bits per heavy atom. The molecule has 0 aromatic carbocycles. The van der Waals surface area contributed by atoms with Crippen molar-refractivity contribution in [1.82, 2.24) is 0 Å². The highest BCUT2D eigenvalue weighted by Crippen LogP contribution is 1.99. The monoisotopic (exact) mass is 248 g/mol. The number of hydrogen-bond donors (Lipinski definition) is 1. The molecular formula is C12H24O5. The maximum atomic E-state index is 10.6. The van der Waals surface area contributed by atoms with Crippen molar-refractivity contribution in [3.05, 3.63) is 0 Å². The van der Waals surface area contributed by atoms with E-state index >= 15 is 0 Å². The number of carbonyl (C=O) groups is 2. The molecular weight excluding hydrogens is 224 g/mol. The molecule has 5 nitrogen and oxygen atoms in total. The molecule has 1 atom stereocenters. The lowest BCUT2D eigenvalue weighted by Crippen LogP contribution is -2.18. The van der Waals surface area contributed by atoms with Gasteiger partial charge in [-0.25, -0.2) is 4.79 Å². The first kappa shape index (κ1) is 18.3. The van der Waals surface area contributed by atoms with E-state index in [2.05, 4.69) is 4.74 Å². The second-order valence-corrected chi connectivity index (χ2v) is 3.83. The summed E-state index contributed by atoms with van der Waals surface area (Å²) in [7, 11) is 0. The minimum atomic E-state index is -0.991. The summed E-state index contributed by atoms with van der Waals surface area (Å²) in [6.07, 6.45) is -0.455. The lowest BCUT2D eigenvalue weighted by Gasteiger charge is -2.02. The Labute approximate surface area is 103 Å². The summed E-state index contributed by atoms with van der Waals surface area (Å²) in [5.41, 5.74) is 0. The lowest BCUT2D eigenvalue weighted by molar-refractivity contribution is -0.152. The van der Waals surface area contributed by atoms with Gasteiger partial charge in [0.05, 0.1) is 13.2 Å². The minimum Gasteiger partial charge on any atom is -0.466 e. The zero-order chi connectivity index (χ0) is 13.8. The van der Waals surface area contributed by atoms with Crippen molar-refractivity contribution in [2.45, 2.75) is 47.1 Å². The summed E-state index contributed by atoms with van der Waals surface area (Å²) in [6.45, 7) is 9.69. The third-order valence-electron chi connectivity index (χ3n) is 1.51. The molecule has 0 aliphatic rings. The largest absolute Gasteiger partial charge is 0.466 e. The molecule has 1 N–H and O–H groups in total. The molecule has 0 spiro atoms. The van der Waals surface area contributed by atoms with E-state index in [1.165, 1.54) is 6.92 Å². The average Bonchev–Trinajstić information content (AvgIpc) is 2.17. The van der Waals surface area contributed by atoms with Crippen molar-refractivity contribution in [3.63, 3.8) is 0 Å². The molecule has 1 unspecified atom stereocenters. The molecule has 0 fully saturated rings. The predicted octanol–water partition coefficient (Wildman–Crippen LogP) is 1.53. The van der Waals surface area contributed by atoms with Crippen LogP contribution in [0.2, 0.25) is 0 Å². The van der Waals surface area contributed by atoms with Crippen LogP contribution < -0.4 is 0 Å². The van der Waals surface area contributed by atoms with Crippen LogP contribution in [0.3, 0.4) is 0 Å². The Kier molecular flexibility index (Phi) is 12.2. The van der Waals surface area contributed by atoms with Crippen LogP contribution in [-0.2, 0) is 19.1 Å². The smallest absolute Gasteiger partial charge is 0.334 e. The molecule has 0 aromatic rings. The van der Waals surface area contributed by atoms with Crippen LogP contribution in [0.1, 0.15) is 41.0 Å². The van der Waals surface area contributed by atoms with Gasteiger partial charge in [0.1, 0.15) is 6.10 Å². The van der Waals surface area contributed by atoms with Crippen LogP contribution >= 0.6 is 0 Å². The number of esters is 2. The average molecular weight is 248 g/mol. The summed E-state index contributed by atoms with van der Waals surface area (Å²) >= 11 is 0. The second kappa shape index (κ2) is 11.4. The molecule has 17 heavy (non-hydrogen) atoms. The van der Waals surface area contributed by atoms with E-state index in [0.717, 1.165) is 0 Å². The van der Waals surface area contributed by atoms with Gasteiger partial charge in [0, 0.05) is 6.42 Å². The van der Waals surface area contributed by atoms with Gasteiger partial charge in [-0.15, -0.1) is 0 Å². The molecule has 0 heterocycles. The molecule has 0 amide bonds. The highest BCUT2D eigenvalue weighted by molar-refractivity contribution is 5.73. The molecule has 0 saturated carbocycles. The van der Waals surface area contributed by atoms with E-state index in [1.54, 1.807) is 6.92 Å². The predicted molar refractivity (Wildman–Crippen MR) is 64.4 cm³/mol. The maximum absolute atomic E-state index is 10.6. The number of rotatable bonds is 5. The molecule has 0 aliphatic heterocycles. The zero-order valence-corrected chi connectivity index (χ0v) is 11.4. The quantitative estimate of drug-likeness (QED) is 0.747. The summed E-state index contributed by atoms with van der Waals surface area (Å²) in [5, 5.41) is 8.48. The number of aliphatic hydroxyl groups excluding tert-OH is 1. The van der Waals surface area contributed by atoms with Crippen molar-refractivity contribution < 1.29 is 24.2 Å². The van der Waals surface area contributed by atoms with Crippen LogP contribution in [0.25, 0.3) is 0 Å². The van der Waals surface area contributed by atoms with E-state index < -0.39 is 12.1 Å². The number of aliphatic hydroxyl groups is 1. The number of carbonyl (C=O) groups excluding carboxylic acids is 2. The Hall–Kier alpha value is -1.10. The third-order valence-corrected chi connectivity index (χ3v) is 1.51. The van der Waals surface area contributed by atoms with E-state index in [-0.39, 0.29) is 5.97 Å². The SMILES string of the molecule is CCOC(=O)C(C)O.CCOC(=O)CC(C)C. The number of ether oxygens (including phenoxy) is 2. The van der Waals surface area contributed by atoms with Gasteiger partial charge in [-0.3, -0.25) is 4.79 Å². The normalized spacial score (nSPS) is 11.2. The van der Waals surface area contributed by atoms with Gasteiger partial charge in [-0.1, -0.05) is 13.8 Å². The van der Waals surface area contributed by atoms with Gasteiger partial charge in [0.15, 0.2) is 0 Å². The van der Waals surface area contributed by atoms with Crippen molar-refractivity contribution in [3.8, 4) is 0 Å². The van der Waals surface area contributed by atoms with Crippen molar-refractivity contribution in [1.29, 1.82) is 0 Å². The van der Waals surface area contributed by atoms with Crippen LogP contribution in [0.4, 0.5) is 0 Å². The standard InChI is InChI=1S/C7H14O2.C5H10O3/c1-4-9-7(8)5-6(2)3;1-3-8-5(7)4(2)6/h6H,4-5H2,1-3H3;4,6H,3H2,1-2H3. The molecule has 0 radical (unpaired) electrons. The first-order valence-corrected chi connectivity index (χ1v) is 5.85. The second-order valence-electron chi connectivity index (χ2n) is 3.83. The zero-order valence-electron chi connectivity index (χ0n) is 11.4. The van der Waals surface area contributed by atoms with Gasteiger partial charge in [0.2, 0.25) is 0 Å². The van der Waals surface area contributed by atoms with Gasteiger partial charge in [-0.05, 0) is 26.7 Å². The molecule has 0 bridgehead atoms. The summed E-state index contributed by atoms with van der Waals surface area (Å²) in [5.74, 6) is -0.246. The van der Waals surface area contributed by atoms with Gasteiger partial charge < -0.3 is 14.6 Å². The van der Waals surface area contributed by atoms with Crippen molar-refractivity contribution >= 4 is 11.9 Å². The van der Waals surface area contributed by atoms with Gasteiger partial charge in [-0.2, -0.15) is 0 Å². The van der Waals surface area contributed by atoms with Crippen LogP contribution in [0.15, 0.2) is 0 Å². The first-order valence-electron chi connectivity index (χ1n) is 5.85. The van der Waals surface area contributed by atoms with Crippen LogP contribution in [0, 0.1) is 5.92 Å². The molecule has 102 valence electrons. The molecule has 5 heteroatoms. The maximum Gasteiger partial charge on any atom is 0.334 e. The summed E-state index contributed by atoms with van der Waals surface area (Å²) < 4.78 is 9.13. The number of hydrogen-bond acceptors (Lipinski definition) is 5. The van der Waals surface area contributed by atoms with E-state index in [4.69, 9.17) is 9.84 Å². The van der Waals surface area contributed by atoms with Gasteiger partial charge >= 0.3 is 11.9 Å². The Bertz CT molecular complexity index is 211. The van der Waals surface area contributed by atoms with Crippen molar-refractivity contribution in [2.75, 3.05) is 13.2 Å². The topological polar surface area (TPSA) is 72.8 Å².